The molecule has 3 heteroatoms. The van der Waals surface area contributed by atoms with Crippen LogP contribution in [0.25, 0.3) is 0 Å². The van der Waals surface area contributed by atoms with Crippen molar-refractivity contribution in [3.05, 3.63) is 24.0 Å². The second-order valence-corrected chi connectivity index (χ2v) is 4.04. The Kier molecular flexibility index (Phi) is 2.32. The van der Waals surface area contributed by atoms with Crippen LogP contribution in [0.15, 0.2) is 18.2 Å². The Morgan fingerprint density at radius 1 is 1.43 bits per heavy atom. The van der Waals surface area contributed by atoms with Crippen molar-refractivity contribution in [3.8, 4) is 0 Å². The van der Waals surface area contributed by atoms with Crippen LogP contribution in [-0.4, -0.2) is 12.6 Å². The van der Waals surface area contributed by atoms with Gasteiger partial charge in [0.2, 0.25) is 0 Å². The number of fused-ring (bicyclic) bond motifs is 1. The highest BCUT2D eigenvalue weighted by atomic mass is 19.1. The van der Waals surface area contributed by atoms with E-state index in [9.17, 15) is 4.39 Å². The van der Waals surface area contributed by atoms with Crippen molar-refractivity contribution in [3.63, 3.8) is 0 Å². The van der Waals surface area contributed by atoms with Crippen molar-refractivity contribution in [2.75, 3.05) is 17.2 Å². The minimum Gasteiger partial charge on any atom is -0.379 e. The molecule has 0 aromatic heterocycles. The lowest BCUT2D eigenvalue weighted by Gasteiger charge is -2.31. The summed E-state index contributed by atoms with van der Waals surface area (Å²) in [5, 5.41) is 6.46. The van der Waals surface area contributed by atoms with Crippen LogP contribution in [0.2, 0.25) is 0 Å². The molecule has 2 N–H and O–H groups in total. The number of rotatable bonds is 1. The Morgan fingerprint density at radius 3 is 2.93 bits per heavy atom. The Labute approximate surface area is 83.5 Å². The molecule has 0 saturated heterocycles. The van der Waals surface area contributed by atoms with Gasteiger partial charge < -0.3 is 10.6 Å². The van der Waals surface area contributed by atoms with E-state index in [-0.39, 0.29) is 5.82 Å². The normalized spacial score (nSPS) is 19.9. The first-order chi connectivity index (χ1) is 6.68. The zero-order valence-corrected chi connectivity index (χ0v) is 8.47. The molecule has 1 unspecified atom stereocenters. The maximum absolute atomic E-state index is 13.3. The lowest BCUT2D eigenvalue weighted by molar-refractivity contribution is 0.532. The van der Waals surface area contributed by atoms with Gasteiger partial charge in [-0.15, -0.1) is 0 Å². The lowest BCUT2D eigenvalue weighted by Crippen LogP contribution is -2.37. The van der Waals surface area contributed by atoms with Gasteiger partial charge in [-0.2, -0.15) is 0 Å². The molecule has 0 saturated carbocycles. The van der Waals surface area contributed by atoms with E-state index in [1.54, 1.807) is 6.07 Å². The molecule has 2 nitrogen and oxygen atoms in total. The third-order valence-corrected chi connectivity index (χ3v) is 2.66. The molecule has 0 spiro atoms. The topological polar surface area (TPSA) is 24.1 Å². The van der Waals surface area contributed by atoms with Crippen LogP contribution in [0.3, 0.4) is 0 Å². The molecule has 1 aliphatic heterocycles. The zero-order valence-electron chi connectivity index (χ0n) is 8.47. The van der Waals surface area contributed by atoms with E-state index in [1.165, 1.54) is 6.07 Å². The Morgan fingerprint density at radius 2 is 2.21 bits per heavy atom. The smallest absolute Gasteiger partial charge is 0.148 e. The zero-order chi connectivity index (χ0) is 10.1. The van der Waals surface area contributed by atoms with Gasteiger partial charge in [-0.05, 0) is 18.1 Å². The number of benzene rings is 1. The average Bonchev–Trinajstić information content (AvgIpc) is 2.17. The first-order valence-electron chi connectivity index (χ1n) is 4.97. The van der Waals surface area contributed by atoms with Crippen LogP contribution in [0.1, 0.15) is 13.8 Å². The summed E-state index contributed by atoms with van der Waals surface area (Å²) >= 11 is 0. The molecule has 0 fully saturated rings. The summed E-state index contributed by atoms with van der Waals surface area (Å²) in [6, 6.07) is 5.48. The van der Waals surface area contributed by atoms with E-state index in [2.05, 4.69) is 24.5 Å². The highest BCUT2D eigenvalue weighted by molar-refractivity contribution is 5.71. The number of para-hydroxylation sites is 1. The van der Waals surface area contributed by atoms with Crippen molar-refractivity contribution in [1.82, 2.24) is 0 Å². The van der Waals surface area contributed by atoms with Crippen LogP contribution >= 0.6 is 0 Å². The van der Waals surface area contributed by atoms with E-state index in [0.29, 0.717) is 17.6 Å². The summed E-state index contributed by atoms with van der Waals surface area (Å²) in [7, 11) is 0. The molecule has 1 atom stereocenters. The number of halogens is 1. The van der Waals surface area contributed by atoms with Gasteiger partial charge in [0.15, 0.2) is 0 Å². The quantitative estimate of drug-likeness (QED) is 0.718. The fourth-order valence-electron chi connectivity index (χ4n) is 1.69. The van der Waals surface area contributed by atoms with Crippen molar-refractivity contribution in [2.45, 2.75) is 19.9 Å². The van der Waals surface area contributed by atoms with Gasteiger partial charge in [0.25, 0.3) is 0 Å². The minimum absolute atomic E-state index is 0.183. The van der Waals surface area contributed by atoms with Gasteiger partial charge in [0.05, 0.1) is 11.4 Å². The predicted octanol–water partition coefficient (Wildman–Crippen LogP) is 2.69. The van der Waals surface area contributed by atoms with Crippen LogP contribution in [0.5, 0.6) is 0 Å². The molecule has 2 rings (SSSR count). The lowest BCUT2D eigenvalue weighted by atomic mass is 10.0. The number of anilines is 2. The van der Waals surface area contributed by atoms with Gasteiger partial charge in [0, 0.05) is 12.6 Å². The molecule has 0 aliphatic carbocycles. The van der Waals surface area contributed by atoms with Crippen molar-refractivity contribution >= 4 is 11.4 Å². The number of hydrogen-bond donors (Lipinski definition) is 2. The first-order valence-corrected chi connectivity index (χ1v) is 4.97. The van der Waals surface area contributed by atoms with E-state index < -0.39 is 0 Å². The fraction of sp³-hybridized carbons (Fsp3) is 0.455. The minimum atomic E-state index is -0.183. The van der Waals surface area contributed by atoms with Crippen LogP contribution in [-0.2, 0) is 0 Å². The largest absolute Gasteiger partial charge is 0.379 e. The molecular weight excluding hydrogens is 179 g/mol. The molecule has 14 heavy (non-hydrogen) atoms. The summed E-state index contributed by atoms with van der Waals surface area (Å²) in [6.45, 7) is 5.10. The monoisotopic (exact) mass is 194 g/mol. The maximum atomic E-state index is 13.3. The summed E-state index contributed by atoms with van der Waals surface area (Å²) in [5.74, 6) is 0.358. The highest BCUT2D eigenvalue weighted by Crippen LogP contribution is 2.29. The molecule has 0 amide bonds. The molecule has 1 aromatic rings. The number of hydrogen-bond acceptors (Lipinski definition) is 2. The van der Waals surface area contributed by atoms with E-state index in [0.717, 1.165) is 12.2 Å². The highest BCUT2D eigenvalue weighted by Gasteiger charge is 2.21. The third kappa shape index (κ3) is 1.54. The van der Waals surface area contributed by atoms with Gasteiger partial charge >= 0.3 is 0 Å². The molecule has 76 valence electrons. The fourth-order valence-corrected chi connectivity index (χ4v) is 1.69. The molecule has 1 aromatic carbocycles. The van der Waals surface area contributed by atoms with Crippen molar-refractivity contribution < 1.29 is 4.39 Å². The Bertz CT molecular complexity index is 336. The average molecular weight is 194 g/mol. The summed E-state index contributed by atoms with van der Waals surface area (Å²) in [6.07, 6.45) is 0. The first kappa shape index (κ1) is 9.31. The Balaban J connectivity index is 2.27. The predicted molar refractivity (Wildman–Crippen MR) is 57.1 cm³/mol. The maximum Gasteiger partial charge on any atom is 0.148 e. The van der Waals surface area contributed by atoms with Gasteiger partial charge in [-0.3, -0.25) is 0 Å². The van der Waals surface area contributed by atoms with Crippen LogP contribution < -0.4 is 10.6 Å². The summed E-state index contributed by atoms with van der Waals surface area (Å²) in [4.78, 5) is 0. The van der Waals surface area contributed by atoms with Gasteiger partial charge in [0.1, 0.15) is 5.82 Å². The molecule has 1 aliphatic rings. The summed E-state index contributed by atoms with van der Waals surface area (Å²) < 4.78 is 13.3. The molecular formula is C11H15FN2. The standard InChI is InChI=1S/C11H15FN2/c1-7(2)10-6-13-11-8(12)4-3-5-9(11)14-10/h3-5,7,10,13-14H,6H2,1-2H3. The second-order valence-electron chi connectivity index (χ2n) is 4.04. The van der Waals surface area contributed by atoms with Gasteiger partial charge in [-0.25, -0.2) is 4.39 Å². The molecule has 0 bridgehead atoms. The molecule has 1 heterocycles. The van der Waals surface area contributed by atoms with E-state index in [1.807, 2.05) is 6.07 Å². The van der Waals surface area contributed by atoms with Crippen molar-refractivity contribution in [1.29, 1.82) is 0 Å². The SMILES string of the molecule is CC(C)C1CNc2c(F)cccc2N1. The van der Waals surface area contributed by atoms with Gasteiger partial charge in [-0.1, -0.05) is 19.9 Å². The second kappa shape index (κ2) is 3.48. The van der Waals surface area contributed by atoms with Crippen molar-refractivity contribution in [2.24, 2.45) is 5.92 Å². The van der Waals surface area contributed by atoms with E-state index >= 15 is 0 Å². The van der Waals surface area contributed by atoms with E-state index in [4.69, 9.17) is 0 Å². The Hall–Kier alpha value is -1.25. The van der Waals surface area contributed by atoms with Crippen LogP contribution in [0, 0.1) is 11.7 Å². The third-order valence-electron chi connectivity index (χ3n) is 2.66. The number of nitrogens with one attached hydrogen (secondary N) is 2. The summed E-state index contributed by atoms with van der Waals surface area (Å²) in [5.41, 5.74) is 1.47. The molecule has 0 radical (unpaired) electrons. The van der Waals surface area contributed by atoms with Crippen LogP contribution in [0.4, 0.5) is 15.8 Å².